The number of hydrogen-bond acceptors (Lipinski definition) is 2. The molecule has 0 saturated heterocycles. The number of nitrogens with two attached hydrogens (primary N) is 1. The van der Waals surface area contributed by atoms with Gasteiger partial charge in [0.25, 0.3) is 0 Å². The molecule has 18 heavy (non-hydrogen) atoms. The van der Waals surface area contributed by atoms with Crippen molar-refractivity contribution in [3.8, 4) is 0 Å². The van der Waals surface area contributed by atoms with E-state index >= 15 is 0 Å². The Bertz CT molecular complexity index is 629. The number of anilines is 1. The first kappa shape index (κ1) is 13.3. The number of pyridine rings is 1. The molecule has 94 valence electrons. The van der Waals surface area contributed by atoms with E-state index in [2.05, 4.69) is 31.9 Å². The number of hydrogen-bond donors (Lipinski definition) is 1. The lowest BCUT2D eigenvalue weighted by atomic mass is 10.2. The minimum atomic E-state index is -0.304. The second-order valence-electron chi connectivity index (χ2n) is 3.80. The summed E-state index contributed by atoms with van der Waals surface area (Å²) in [6.07, 6.45) is 3.15. The Hall–Kier alpha value is -1.14. The second kappa shape index (κ2) is 5.24. The van der Waals surface area contributed by atoms with Gasteiger partial charge in [-0.2, -0.15) is 0 Å². The predicted octanol–water partition coefficient (Wildman–Crippen LogP) is 3.14. The summed E-state index contributed by atoms with van der Waals surface area (Å²) >= 11 is 6.50. The molecule has 0 atom stereocenters. The lowest BCUT2D eigenvalue weighted by molar-refractivity contribution is 0.622. The van der Waals surface area contributed by atoms with Crippen LogP contribution in [0, 0.1) is 5.82 Å². The minimum absolute atomic E-state index is 0.150. The third kappa shape index (κ3) is 2.81. The van der Waals surface area contributed by atoms with Gasteiger partial charge < -0.3 is 10.3 Å². The Morgan fingerprint density at radius 1 is 1.22 bits per heavy atom. The molecule has 2 rings (SSSR count). The van der Waals surface area contributed by atoms with Gasteiger partial charge in [0.05, 0.1) is 10.2 Å². The van der Waals surface area contributed by atoms with Crippen molar-refractivity contribution in [1.29, 1.82) is 0 Å². The highest BCUT2D eigenvalue weighted by atomic mass is 79.9. The number of halogens is 3. The van der Waals surface area contributed by atoms with Gasteiger partial charge in [-0.25, -0.2) is 4.39 Å². The van der Waals surface area contributed by atoms with Crippen LogP contribution >= 0.6 is 31.9 Å². The topological polar surface area (TPSA) is 48.0 Å². The normalized spacial score (nSPS) is 10.6. The summed E-state index contributed by atoms with van der Waals surface area (Å²) in [6, 6.07) is 4.46. The fraction of sp³-hybridized carbons (Fsp3) is 0.0833. The van der Waals surface area contributed by atoms with Gasteiger partial charge in [0.1, 0.15) is 5.82 Å². The van der Waals surface area contributed by atoms with Crippen LogP contribution in [0.25, 0.3) is 0 Å². The number of benzene rings is 1. The standard InChI is InChI=1S/C12H9Br2FN2O/c13-9-2-1-8(15)3-7(9)4-17-5-10(14)12(18)11(16)6-17/h1-3,5-6H,4,16H2. The maximum atomic E-state index is 13.2. The molecule has 0 aliphatic heterocycles. The molecular weight excluding hydrogens is 367 g/mol. The SMILES string of the molecule is Nc1cn(Cc2cc(F)ccc2Br)cc(Br)c1=O. The Labute approximate surface area is 120 Å². The van der Waals surface area contributed by atoms with Gasteiger partial charge in [0.15, 0.2) is 0 Å². The van der Waals surface area contributed by atoms with Gasteiger partial charge in [-0.1, -0.05) is 15.9 Å². The smallest absolute Gasteiger partial charge is 0.218 e. The van der Waals surface area contributed by atoms with Gasteiger partial charge in [-0.05, 0) is 39.7 Å². The number of nitrogen functional groups attached to an aromatic ring is 1. The summed E-state index contributed by atoms with van der Waals surface area (Å²) < 4.78 is 16.1. The summed E-state index contributed by atoms with van der Waals surface area (Å²) in [5, 5.41) is 0. The van der Waals surface area contributed by atoms with E-state index < -0.39 is 0 Å². The maximum Gasteiger partial charge on any atom is 0.218 e. The highest BCUT2D eigenvalue weighted by molar-refractivity contribution is 9.10. The lowest BCUT2D eigenvalue weighted by Crippen LogP contribution is -2.13. The van der Waals surface area contributed by atoms with Crippen molar-refractivity contribution < 1.29 is 4.39 Å². The Kier molecular flexibility index (Phi) is 3.87. The molecule has 3 nitrogen and oxygen atoms in total. The Morgan fingerprint density at radius 3 is 2.61 bits per heavy atom. The highest BCUT2D eigenvalue weighted by Crippen LogP contribution is 2.19. The molecule has 0 aliphatic carbocycles. The quantitative estimate of drug-likeness (QED) is 0.876. The van der Waals surface area contributed by atoms with Crippen molar-refractivity contribution in [2.45, 2.75) is 6.54 Å². The zero-order valence-electron chi connectivity index (χ0n) is 9.16. The molecule has 0 unspecified atom stereocenters. The van der Waals surface area contributed by atoms with Crippen LogP contribution in [0.2, 0.25) is 0 Å². The van der Waals surface area contributed by atoms with Crippen molar-refractivity contribution in [1.82, 2.24) is 4.57 Å². The molecule has 1 aromatic carbocycles. The van der Waals surface area contributed by atoms with Crippen LogP contribution in [-0.4, -0.2) is 4.57 Å². The third-order valence-corrected chi connectivity index (χ3v) is 3.76. The highest BCUT2D eigenvalue weighted by Gasteiger charge is 2.06. The van der Waals surface area contributed by atoms with Crippen LogP contribution in [0.15, 0.2) is 44.3 Å². The Balaban J connectivity index is 2.40. The van der Waals surface area contributed by atoms with E-state index in [4.69, 9.17) is 5.73 Å². The van der Waals surface area contributed by atoms with Gasteiger partial charge >= 0.3 is 0 Å². The first-order valence-electron chi connectivity index (χ1n) is 5.06. The van der Waals surface area contributed by atoms with Crippen molar-refractivity contribution in [2.24, 2.45) is 0 Å². The molecule has 0 fully saturated rings. The van der Waals surface area contributed by atoms with Crippen molar-refractivity contribution in [2.75, 3.05) is 5.73 Å². The molecule has 0 amide bonds. The second-order valence-corrected chi connectivity index (χ2v) is 5.51. The van der Waals surface area contributed by atoms with Crippen molar-refractivity contribution >= 4 is 37.5 Å². The van der Waals surface area contributed by atoms with Crippen LogP contribution in [0.3, 0.4) is 0 Å². The zero-order chi connectivity index (χ0) is 13.3. The molecule has 0 radical (unpaired) electrons. The number of nitrogens with zero attached hydrogens (tertiary/aromatic N) is 1. The van der Waals surface area contributed by atoms with E-state index in [1.165, 1.54) is 18.3 Å². The predicted molar refractivity (Wildman–Crippen MR) is 76.0 cm³/mol. The van der Waals surface area contributed by atoms with Gasteiger partial charge in [0.2, 0.25) is 5.43 Å². The van der Waals surface area contributed by atoms with E-state index in [9.17, 15) is 9.18 Å². The van der Waals surface area contributed by atoms with Crippen LogP contribution < -0.4 is 11.2 Å². The molecule has 0 aliphatic rings. The van der Waals surface area contributed by atoms with E-state index in [-0.39, 0.29) is 16.9 Å². The maximum absolute atomic E-state index is 13.2. The third-order valence-electron chi connectivity index (χ3n) is 2.42. The van der Waals surface area contributed by atoms with Crippen LogP contribution in [0.4, 0.5) is 10.1 Å². The summed E-state index contributed by atoms with van der Waals surface area (Å²) in [6.45, 7) is 0.418. The van der Waals surface area contributed by atoms with Crippen molar-refractivity contribution in [3.05, 3.63) is 61.1 Å². The first-order valence-corrected chi connectivity index (χ1v) is 6.65. The lowest BCUT2D eigenvalue weighted by Gasteiger charge is -2.10. The Morgan fingerprint density at radius 2 is 1.94 bits per heavy atom. The van der Waals surface area contributed by atoms with Crippen LogP contribution in [-0.2, 0) is 6.54 Å². The summed E-state index contributed by atoms with van der Waals surface area (Å²) in [5.74, 6) is -0.304. The van der Waals surface area contributed by atoms with Gasteiger partial charge in [-0.15, -0.1) is 0 Å². The summed E-state index contributed by atoms with van der Waals surface area (Å²) in [7, 11) is 0. The molecule has 1 aromatic heterocycles. The fourth-order valence-electron chi connectivity index (χ4n) is 1.57. The molecule has 1 heterocycles. The van der Waals surface area contributed by atoms with Gasteiger partial charge in [-0.3, -0.25) is 4.79 Å². The van der Waals surface area contributed by atoms with E-state index in [1.807, 2.05) is 0 Å². The molecule has 6 heteroatoms. The van der Waals surface area contributed by atoms with Crippen molar-refractivity contribution in [3.63, 3.8) is 0 Å². The molecule has 2 N–H and O–H groups in total. The molecule has 2 aromatic rings. The minimum Gasteiger partial charge on any atom is -0.394 e. The largest absolute Gasteiger partial charge is 0.394 e. The average molecular weight is 376 g/mol. The van der Waals surface area contributed by atoms with Crippen LogP contribution in [0.1, 0.15) is 5.56 Å². The first-order chi connectivity index (χ1) is 8.47. The van der Waals surface area contributed by atoms with Gasteiger partial charge in [0, 0.05) is 23.4 Å². The monoisotopic (exact) mass is 374 g/mol. The molecule has 0 spiro atoms. The van der Waals surface area contributed by atoms with E-state index in [0.717, 1.165) is 10.0 Å². The van der Waals surface area contributed by atoms with Crippen LogP contribution in [0.5, 0.6) is 0 Å². The van der Waals surface area contributed by atoms with E-state index in [1.54, 1.807) is 16.8 Å². The molecule has 0 bridgehead atoms. The molecular formula is C12H9Br2FN2O. The average Bonchev–Trinajstić information content (AvgIpc) is 2.31. The molecule has 0 saturated carbocycles. The zero-order valence-corrected chi connectivity index (χ0v) is 12.3. The summed E-state index contributed by atoms with van der Waals surface area (Å²) in [4.78, 5) is 11.4. The van der Waals surface area contributed by atoms with E-state index in [0.29, 0.717) is 11.0 Å². The fourth-order valence-corrected chi connectivity index (χ4v) is 2.43. The number of aromatic nitrogens is 1. The number of rotatable bonds is 2. The summed E-state index contributed by atoms with van der Waals surface area (Å²) in [5.41, 5.74) is 6.27.